The molecule has 1 heteroatoms. The Balaban J connectivity index is 1.25. The van der Waals surface area contributed by atoms with Gasteiger partial charge in [-0.15, -0.1) is 0 Å². The summed E-state index contributed by atoms with van der Waals surface area (Å²) < 4.78 is 0. The quantitative estimate of drug-likeness (QED) is 0.186. The van der Waals surface area contributed by atoms with Crippen molar-refractivity contribution in [3.63, 3.8) is 0 Å². The van der Waals surface area contributed by atoms with Crippen molar-refractivity contribution in [3.8, 4) is 33.4 Å². The van der Waals surface area contributed by atoms with Gasteiger partial charge in [0.2, 0.25) is 0 Å². The third-order valence-electron chi connectivity index (χ3n) is 9.60. The Hall–Kier alpha value is -5.27. The lowest BCUT2D eigenvalue weighted by molar-refractivity contribution is 0.590. The Morgan fingerprint density at radius 2 is 1.11 bits per heavy atom. The molecule has 0 fully saturated rings. The van der Waals surface area contributed by atoms with E-state index in [1.165, 1.54) is 77.2 Å². The van der Waals surface area contributed by atoms with Crippen LogP contribution in [0.25, 0.3) is 66.6 Å². The first kappa shape index (κ1) is 28.2. The van der Waals surface area contributed by atoms with Crippen LogP contribution >= 0.6 is 0 Å². The Kier molecular flexibility index (Phi) is 6.91. The third-order valence-corrected chi connectivity index (χ3v) is 9.60. The van der Waals surface area contributed by atoms with Crippen LogP contribution in [0.5, 0.6) is 0 Å². The summed E-state index contributed by atoms with van der Waals surface area (Å²) in [5, 5.41) is 5.21. The first-order valence-electron chi connectivity index (χ1n) is 16.3. The van der Waals surface area contributed by atoms with E-state index in [4.69, 9.17) is 0 Å². The highest BCUT2D eigenvalue weighted by Gasteiger charge is 2.20. The average Bonchev–Trinajstić information content (AvgIpc) is 3.10. The lowest BCUT2D eigenvalue weighted by Crippen LogP contribution is -2.10. The van der Waals surface area contributed by atoms with Gasteiger partial charge in [0.05, 0.1) is 0 Å². The predicted octanol–water partition coefficient (Wildman–Crippen LogP) is 12.2. The van der Waals surface area contributed by atoms with Gasteiger partial charge in [-0.25, -0.2) is 0 Å². The molecule has 1 aromatic heterocycles. The van der Waals surface area contributed by atoms with Crippen molar-refractivity contribution in [2.75, 3.05) is 0 Å². The number of pyridine rings is 1. The van der Waals surface area contributed by atoms with Gasteiger partial charge in [-0.2, -0.15) is 0 Å². The lowest BCUT2D eigenvalue weighted by atomic mass is 9.81. The molecule has 6 aromatic carbocycles. The summed E-state index contributed by atoms with van der Waals surface area (Å²) in [6.07, 6.45) is 8.21. The molecule has 8 rings (SSSR count). The number of rotatable bonds is 4. The molecule has 0 radical (unpaired) electrons. The van der Waals surface area contributed by atoms with Crippen LogP contribution in [0.15, 0.2) is 140 Å². The van der Waals surface area contributed by atoms with Gasteiger partial charge in [-0.1, -0.05) is 142 Å². The van der Waals surface area contributed by atoms with Crippen molar-refractivity contribution in [2.45, 2.75) is 39.0 Å². The topological polar surface area (TPSA) is 12.9 Å². The number of aryl methyl sites for hydroxylation is 1. The smallest absolute Gasteiger partial charge is 0.0346 e. The average molecular weight is 592 g/mol. The van der Waals surface area contributed by atoms with Crippen LogP contribution in [0.3, 0.4) is 0 Å². The zero-order chi connectivity index (χ0) is 31.3. The largest absolute Gasteiger partial charge is 0.264 e. The van der Waals surface area contributed by atoms with E-state index in [9.17, 15) is 0 Å². The molecule has 0 aliphatic heterocycles. The monoisotopic (exact) mass is 591 g/mol. The SMILES string of the molecule is CC(C)(C)c1cccc(-c2c3ccccc3c(-c3ccc4c(c3)CCC(c3cccc(-c5cccnc5)c3)=C4)c3ccccc23)c1. The number of hydrogen-bond donors (Lipinski definition) is 0. The second kappa shape index (κ2) is 11.3. The molecule has 46 heavy (non-hydrogen) atoms. The van der Waals surface area contributed by atoms with E-state index in [1.807, 2.05) is 18.5 Å². The van der Waals surface area contributed by atoms with E-state index in [1.54, 1.807) is 0 Å². The fraction of sp³-hybridized carbons (Fsp3) is 0.133. The molecule has 222 valence electrons. The highest BCUT2D eigenvalue weighted by Crippen LogP contribution is 2.45. The van der Waals surface area contributed by atoms with Gasteiger partial charge in [-0.3, -0.25) is 4.98 Å². The summed E-state index contributed by atoms with van der Waals surface area (Å²) in [6, 6.07) is 47.2. The zero-order valence-electron chi connectivity index (χ0n) is 26.7. The molecular weight excluding hydrogens is 555 g/mol. The molecule has 0 N–H and O–H groups in total. The van der Waals surface area contributed by atoms with Gasteiger partial charge < -0.3 is 0 Å². The van der Waals surface area contributed by atoms with Gasteiger partial charge in [0.15, 0.2) is 0 Å². The van der Waals surface area contributed by atoms with Crippen molar-refractivity contribution < 1.29 is 0 Å². The summed E-state index contributed by atoms with van der Waals surface area (Å²) in [7, 11) is 0. The molecule has 1 aliphatic carbocycles. The summed E-state index contributed by atoms with van der Waals surface area (Å²) in [6.45, 7) is 6.87. The predicted molar refractivity (Wildman–Crippen MR) is 197 cm³/mol. The van der Waals surface area contributed by atoms with Crippen LogP contribution in [-0.2, 0) is 11.8 Å². The molecule has 0 saturated heterocycles. The number of fused-ring (bicyclic) bond motifs is 3. The molecule has 0 amide bonds. The Labute approximate surface area is 271 Å². The summed E-state index contributed by atoms with van der Waals surface area (Å²) in [5.41, 5.74) is 14.4. The normalized spacial score (nSPS) is 13.1. The molecule has 0 saturated carbocycles. The molecule has 0 bridgehead atoms. The minimum absolute atomic E-state index is 0.0845. The van der Waals surface area contributed by atoms with Gasteiger partial charge in [-0.05, 0) is 108 Å². The Bertz CT molecular complexity index is 2220. The second-order valence-electron chi connectivity index (χ2n) is 13.6. The number of aromatic nitrogens is 1. The van der Waals surface area contributed by atoms with Crippen molar-refractivity contribution in [3.05, 3.63) is 162 Å². The van der Waals surface area contributed by atoms with E-state index in [0.717, 1.165) is 18.4 Å². The molecule has 0 unspecified atom stereocenters. The van der Waals surface area contributed by atoms with Gasteiger partial charge in [0.25, 0.3) is 0 Å². The van der Waals surface area contributed by atoms with Crippen LogP contribution in [0.2, 0.25) is 0 Å². The highest BCUT2D eigenvalue weighted by molar-refractivity contribution is 6.21. The maximum atomic E-state index is 4.32. The third kappa shape index (κ3) is 5.03. The molecule has 1 nitrogen and oxygen atoms in total. The number of benzene rings is 6. The Morgan fingerprint density at radius 3 is 1.76 bits per heavy atom. The maximum Gasteiger partial charge on any atom is 0.0346 e. The van der Waals surface area contributed by atoms with Crippen LogP contribution in [0.1, 0.15) is 49.4 Å². The summed E-state index contributed by atoms with van der Waals surface area (Å²) >= 11 is 0. The van der Waals surface area contributed by atoms with E-state index < -0.39 is 0 Å². The first-order valence-corrected chi connectivity index (χ1v) is 16.3. The van der Waals surface area contributed by atoms with Crippen molar-refractivity contribution in [1.82, 2.24) is 4.98 Å². The van der Waals surface area contributed by atoms with E-state index >= 15 is 0 Å². The van der Waals surface area contributed by atoms with Crippen LogP contribution < -0.4 is 0 Å². The minimum atomic E-state index is 0.0845. The summed E-state index contributed by atoms with van der Waals surface area (Å²) in [4.78, 5) is 4.32. The number of hydrogen-bond acceptors (Lipinski definition) is 1. The van der Waals surface area contributed by atoms with Gasteiger partial charge in [0.1, 0.15) is 0 Å². The Morgan fingerprint density at radius 1 is 0.500 bits per heavy atom. The molecule has 1 aliphatic rings. The van der Waals surface area contributed by atoms with Crippen molar-refractivity contribution >= 4 is 33.2 Å². The maximum absolute atomic E-state index is 4.32. The molecule has 7 aromatic rings. The number of nitrogens with zero attached hydrogens (tertiary/aromatic N) is 1. The van der Waals surface area contributed by atoms with E-state index in [-0.39, 0.29) is 5.41 Å². The van der Waals surface area contributed by atoms with Gasteiger partial charge >= 0.3 is 0 Å². The van der Waals surface area contributed by atoms with Crippen molar-refractivity contribution in [1.29, 1.82) is 0 Å². The van der Waals surface area contributed by atoms with E-state index in [2.05, 4.69) is 153 Å². The lowest BCUT2D eigenvalue weighted by Gasteiger charge is -2.22. The van der Waals surface area contributed by atoms with E-state index in [0.29, 0.717) is 0 Å². The van der Waals surface area contributed by atoms with Crippen molar-refractivity contribution in [2.24, 2.45) is 0 Å². The molecule has 0 atom stereocenters. The zero-order valence-corrected chi connectivity index (χ0v) is 26.7. The standard InChI is InChI=1S/C45H37N/c1-45(2,3)38-15-9-13-35(28-38)43-39-16-4-6-18-41(39)44(42-19-7-5-17-40(42)43)36-23-22-33-26-32(20-21-34(33)27-36)30-11-8-12-31(25-30)37-14-10-24-46-29-37/h4-19,22-29H,20-21H2,1-3H3. The fourth-order valence-corrected chi connectivity index (χ4v) is 7.20. The van der Waals surface area contributed by atoms with Crippen LogP contribution in [-0.4, -0.2) is 4.98 Å². The van der Waals surface area contributed by atoms with Crippen LogP contribution in [0.4, 0.5) is 0 Å². The minimum Gasteiger partial charge on any atom is -0.264 e. The molecule has 1 heterocycles. The fourth-order valence-electron chi connectivity index (χ4n) is 7.20. The summed E-state index contributed by atoms with van der Waals surface area (Å²) in [5.74, 6) is 0. The molecular formula is C45H37N. The van der Waals surface area contributed by atoms with Gasteiger partial charge in [0, 0.05) is 18.0 Å². The second-order valence-corrected chi connectivity index (χ2v) is 13.6. The number of allylic oxidation sites excluding steroid dienone is 1. The highest BCUT2D eigenvalue weighted by atomic mass is 14.6. The first-order chi connectivity index (χ1) is 22.4. The molecule has 0 spiro atoms. The van der Waals surface area contributed by atoms with Crippen LogP contribution in [0, 0.1) is 0 Å².